The lowest BCUT2D eigenvalue weighted by Crippen LogP contribution is -2.52. The van der Waals surface area contributed by atoms with Crippen molar-refractivity contribution in [2.75, 3.05) is 0 Å². The van der Waals surface area contributed by atoms with Gasteiger partial charge in [0.1, 0.15) is 11.6 Å². The number of hydrogen-bond donors (Lipinski definition) is 1. The molecule has 0 spiro atoms. The summed E-state index contributed by atoms with van der Waals surface area (Å²) in [4.78, 5) is 23.1. The van der Waals surface area contributed by atoms with Crippen LogP contribution in [0.4, 0.5) is 0 Å². The number of carbonyl (C=O) groups excluding carboxylic acids is 2. The molecular formula is C11H16O3. The highest BCUT2D eigenvalue weighted by Gasteiger charge is 2.49. The SMILES string of the molecule is [3H]C1CC(O)(C2CCC(=O)C(C)C2=O)C1. The molecule has 2 aliphatic rings. The zero-order valence-corrected chi connectivity index (χ0v) is 8.32. The smallest absolute Gasteiger partial charge is 0.148 e. The molecule has 2 rings (SSSR count). The molecule has 0 aromatic heterocycles. The molecule has 2 saturated carbocycles. The Labute approximate surface area is 84.9 Å². The summed E-state index contributed by atoms with van der Waals surface area (Å²) >= 11 is 0. The predicted octanol–water partition coefficient (Wildman–Crippen LogP) is 1.09. The Balaban J connectivity index is 2.11. The third-order valence-electron chi connectivity index (χ3n) is 3.58. The molecule has 0 saturated heterocycles. The molecule has 1 N–H and O–H groups in total. The van der Waals surface area contributed by atoms with E-state index in [2.05, 4.69) is 0 Å². The Morgan fingerprint density at radius 2 is 2.14 bits per heavy atom. The molecule has 0 aromatic rings. The molecule has 0 radical (unpaired) electrons. The first-order chi connectivity index (χ1) is 6.94. The van der Waals surface area contributed by atoms with Gasteiger partial charge < -0.3 is 5.11 Å². The summed E-state index contributed by atoms with van der Waals surface area (Å²) < 4.78 is 7.41. The van der Waals surface area contributed by atoms with Crippen LogP contribution in [0, 0.1) is 11.8 Å². The third-order valence-corrected chi connectivity index (χ3v) is 3.58. The Morgan fingerprint density at radius 3 is 2.71 bits per heavy atom. The summed E-state index contributed by atoms with van der Waals surface area (Å²) in [6.07, 6.45) is 1.37. The van der Waals surface area contributed by atoms with Crippen LogP contribution in [0.2, 0.25) is 0 Å². The van der Waals surface area contributed by atoms with Gasteiger partial charge in [-0.2, -0.15) is 0 Å². The molecule has 0 amide bonds. The van der Waals surface area contributed by atoms with E-state index in [1.165, 1.54) is 0 Å². The van der Waals surface area contributed by atoms with Gasteiger partial charge in [0.05, 0.1) is 11.5 Å². The van der Waals surface area contributed by atoms with Gasteiger partial charge in [-0.25, -0.2) is 0 Å². The van der Waals surface area contributed by atoms with Gasteiger partial charge in [-0.3, -0.25) is 9.59 Å². The maximum atomic E-state index is 11.8. The van der Waals surface area contributed by atoms with Crippen LogP contribution in [-0.4, -0.2) is 22.3 Å². The molecule has 14 heavy (non-hydrogen) atoms. The average Bonchev–Trinajstić information content (AvgIpc) is 2.12. The van der Waals surface area contributed by atoms with E-state index < -0.39 is 17.4 Å². The van der Waals surface area contributed by atoms with Crippen LogP contribution in [-0.2, 0) is 9.59 Å². The largest absolute Gasteiger partial charge is 0.389 e. The van der Waals surface area contributed by atoms with Crippen molar-refractivity contribution < 1.29 is 16.1 Å². The third kappa shape index (κ3) is 1.31. The summed E-state index contributed by atoms with van der Waals surface area (Å²) in [5.74, 6) is -1.10. The normalized spacial score (nSPS) is 49.9. The predicted molar refractivity (Wildman–Crippen MR) is 50.7 cm³/mol. The number of Topliss-reactive ketones (excluding diaryl/α,β-unsaturated/α-hetero) is 2. The average molecular weight is 198 g/mol. The van der Waals surface area contributed by atoms with E-state index in [4.69, 9.17) is 1.37 Å². The molecule has 0 bridgehead atoms. The maximum absolute atomic E-state index is 11.8. The van der Waals surface area contributed by atoms with E-state index in [0.717, 1.165) is 0 Å². The second-order valence-electron chi connectivity index (χ2n) is 4.48. The second-order valence-corrected chi connectivity index (χ2v) is 4.48. The molecule has 78 valence electrons. The minimum Gasteiger partial charge on any atom is -0.389 e. The van der Waals surface area contributed by atoms with Crippen LogP contribution < -0.4 is 0 Å². The van der Waals surface area contributed by atoms with Gasteiger partial charge in [-0.15, -0.1) is 0 Å². The van der Waals surface area contributed by atoms with E-state index in [-0.39, 0.29) is 18.0 Å². The van der Waals surface area contributed by atoms with Crippen molar-refractivity contribution in [1.82, 2.24) is 0 Å². The highest BCUT2D eigenvalue weighted by atomic mass is 16.3. The molecular weight excluding hydrogens is 180 g/mol. The van der Waals surface area contributed by atoms with Gasteiger partial charge in [0, 0.05) is 13.7 Å². The highest BCUT2D eigenvalue weighted by molar-refractivity contribution is 6.05. The summed E-state index contributed by atoms with van der Waals surface area (Å²) in [5.41, 5.74) is -0.988. The Kier molecular flexibility index (Phi) is 1.94. The van der Waals surface area contributed by atoms with E-state index in [0.29, 0.717) is 25.7 Å². The number of ketones is 2. The monoisotopic (exact) mass is 198 g/mol. The van der Waals surface area contributed by atoms with Crippen LogP contribution in [0.25, 0.3) is 0 Å². The van der Waals surface area contributed by atoms with Crippen LogP contribution in [0.1, 0.15) is 40.4 Å². The molecule has 0 aliphatic heterocycles. The standard InChI is InChI=1S/C11H16O3/c1-7-9(12)4-3-8(10(7)13)11(14)5-2-6-11/h7-8,14H,2-6H2,1H3/i2T. The van der Waals surface area contributed by atoms with E-state index in [1.54, 1.807) is 6.92 Å². The van der Waals surface area contributed by atoms with Gasteiger partial charge in [0.25, 0.3) is 0 Å². The molecule has 2 fully saturated rings. The Hall–Kier alpha value is -0.700. The van der Waals surface area contributed by atoms with Crippen molar-refractivity contribution >= 4 is 11.6 Å². The zero-order chi connectivity index (χ0) is 11.2. The fourth-order valence-electron chi connectivity index (χ4n) is 2.36. The lowest BCUT2D eigenvalue weighted by Gasteiger charge is -2.44. The quantitative estimate of drug-likeness (QED) is 0.641. The van der Waals surface area contributed by atoms with Crippen molar-refractivity contribution in [3.8, 4) is 0 Å². The number of carbonyl (C=O) groups is 2. The van der Waals surface area contributed by atoms with E-state index >= 15 is 0 Å². The Bertz CT molecular complexity index is 307. The van der Waals surface area contributed by atoms with Crippen molar-refractivity contribution in [2.24, 2.45) is 11.8 Å². The number of hydrogen-bond acceptors (Lipinski definition) is 3. The van der Waals surface area contributed by atoms with Crippen LogP contribution in [0.5, 0.6) is 0 Å². The molecule has 2 atom stereocenters. The van der Waals surface area contributed by atoms with Crippen LogP contribution >= 0.6 is 0 Å². The van der Waals surface area contributed by atoms with Crippen LogP contribution in [0.3, 0.4) is 0 Å². The summed E-state index contributed by atoms with van der Waals surface area (Å²) in [6.45, 7) is 1.62. The second kappa shape index (κ2) is 3.16. The van der Waals surface area contributed by atoms with Gasteiger partial charge in [0.2, 0.25) is 0 Å². The molecule has 0 aromatic carbocycles. The van der Waals surface area contributed by atoms with E-state index in [9.17, 15) is 14.7 Å². The minimum absolute atomic E-state index is 0.0124. The molecule has 2 aliphatic carbocycles. The molecule has 2 unspecified atom stereocenters. The van der Waals surface area contributed by atoms with Gasteiger partial charge in [-0.05, 0) is 32.6 Å². The fraction of sp³-hybridized carbons (Fsp3) is 0.818. The molecule has 3 nitrogen and oxygen atoms in total. The van der Waals surface area contributed by atoms with Gasteiger partial charge in [-0.1, -0.05) is 0 Å². The fourth-order valence-corrected chi connectivity index (χ4v) is 2.36. The van der Waals surface area contributed by atoms with Gasteiger partial charge >= 0.3 is 0 Å². The number of aliphatic hydroxyl groups is 1. The first-order valence-corrected chi connectivity index (χ1v) is 5.15. The minimum atomic E-state index is -0.988. The Morgan fingerprint density at radius 1 is 1.50 bits per heavy atom. The van der Waals surface area contributed by atoms with Gasteiger partial charge in [0.15, 0.2) is 0 Å². The molecule has 0 heterocycles. The first kappa shape index (κ1) is 8.60. The first-order valence-electron chi connectivity index (χ1n) is 5.73. The van der Waals surface area contributed by atoms with Crippen molar-refractivity contribution in [3.63, 3.8) is 0 Å². The van der Waals surface area contributed by atoms with Crippen LogP contribution in [0.15, 0.2) is 0 Å². The zero-order valence-electron chi connectivity index (χ0n) is 9.32. The lowest BCUT2D eigenvalue weighted by molar-refractivity contribution is -0.153. The topological polar surface area (TPSA) is 54.4 Å². The summed E-state index contributed by atoms with van der Waals surface area (Å²) in [7, 11) is 0. The van der Waals surface area contributed by atoms with Crippen molar-refractivity contribution in [2.45, 2.75) is 44.6 Å². The lowest BCUT2D eigenvalue weighted by atomic mass is 9.63. The van der Waals surface area contributed by atoms with E-state index in [1.807, 2.05) is 0 Å². The van der Waals surface area contributed by atoms with Crippen molar-refractivity contribution in [3.05, 3.63) is 0 Å². The molecule has 3 heteroatoms. The summed E-state index contributed by atoms with van der Waals surface area (Å²) in [6, 6.07) is 0. The number of rotatable bonds is 1. The maximum Gasteiger partial charge on any atom is 0.148 e. The van der Waals surface area contributed by atoms with Crippen molar-refractivity contribution in [1.29, 1.82) is 0 Å². The summed E-state index contributed by atoms with van der Waals surface area (Å²) in [5, 5.41) is 10.1. The highest BCUT2D eigenvalue weighted by Crippen LogP contribution is 2.43.